The molecule has 0 aliphatic rings. The van der Waals surface area contributed by atoms with Gasteiger partial charge in [0.1, 0.15) is 0 Å². The zero-order valence-corrected chi connectivity index (χ0v) is 11.6. The van der Waals surface area contributed by atoms with Crippen LogP contribution in [0.4, 0.5) is 5.69 Å². The van der Waals surface area contributed by atoms with Crippen molar-refractivity contribution in [3.8, 4) is 0 Å². The Hall–Kier alpha value is -2.94. The van der Waals surface area contributed by atoms with Crippen LogP contribution in [0.1, 0.15) is 20.7 Å². The van der Waals surface area contributed by atoms with Gasteiger partial charge in [-0.05, 0) is 18.2 Å². The van der Waals surface area contributed by atoms with Gasteiger partial charge >= 0.3 is 11.9 Å². The molecule has 1 heterocycles. The van der Waals surface area contributed by atoms with Crippen LogP contribution in [0.25, 0.3) is 0 Å². The number of hydrogen-bond acceptors (Lipinski definition) is 6. The number of nitro groups is 1. The van der Waals surface area contributed by atoms with E-state index in [0.717, 1.165) is 17.8 Å². The molecule has 0 spiro atoms. The maximum atomic E-state index is 11.1. The molecule has 0 aliphatic carbocycles. The number of carboxylic acids is 2. The highest BCUT2D eigenvalue weighted by Crippen LogP contribution is 2.36. The zero-order valence-electron chi connectivity index (χ0n) is 10.8. The van der Waals surface area contributed by atoms with Crippen LogP contribution >= 0.6 is 11.8 Å². The van der Waals surface area contributed by atoms with Crippen molar-refractivity contribution in [1.29, 1.82) is 0 Å². The average molecular weight is 320 g/mol. The van der Waals surface area contributed by atoms with Crippen LogP contribution in [0.2, 0.25) is 0 Å². The summed E-state index contributed by atoms with van der Waals surface area (Å²) in [5.74, 6) is -2.47. The van der Waals surface area contributed by atoms with Crippen molar-refractivity contribution in [2.45, 2.75) is 9.79 Å². The number of carbonyl (C=O) groups is 2. The molecule has 1 aromatic heterocycles. The van der Waals surface area contributed by atoms with E-state index in [1.807, 2.05) is 0 Å². The molecule has 2 aromatic rings. The molecule has 8 nitrogen and oxygen atoms in total. The predicted molar refractivity (Wildman–Crippen MR) is 75.4 cm³/mol. The molecule has 0 amide bonds. The fourth-order valence-corrected chi connectivity index (χ4v) is 2.63. The Morgan fingerprint density at radius 3 is 2.45 bits per heavy atom. The maximum Gasteiger partial charge on any atom is 0.336 e. The van der Waals surface area contributed by atoms with Crippen LogP contribution in [0.5, 0.6) is 0 Å². The minimum atomic E-state index is -1.28. The predicted octanol–water partition coefficient (Wildman–Crippen LogP) is 2.54. The second-order valence-electron chi connectivity index (χ2n) is 4.02. The van der Waals surface area contributed by atoms with Gasteiger partial charge < -0.3 is 10.2 Å². The van der Waals surface area contributed by atoms with E-state index >= 15 is 0 Å². The van der Waals surface area contributed by atoms with Crippen molar-refractivity contribution in [3.05, 3.63) is 57.9 Å². The zero-order chi connectivity index (χ0) is 16.3. The van der Waals surface area contributed by atoms with Crippen molar-refractivity contribution in [2.75, 3.05) is 0 Å². The van der Waals surface area contributed by atoms with Crippen LogP contribution < -0.4 is 0 Å². The number of carboxylic acid groups (broad SMARTS) is 2. The van der Waals surface area contributed by atoms with E-state index in [1.165, 1.54) is 30.6 Å². The SMILES string of the molecule is O=C(O)c1ccc(Sc2cnccc2C(=O)O)c([N+](=O)[O-])c1. The number of aromatic carboxylic acids is 2. The Bertz CT molecular complexity index is 777. The fraction of sp³-hybridized carbons (Fsp3) is 0. The van der Waals surface area contributed by atoms with E-state index in [-0.39, 0.29) is 20.9 Å². The molecule has 0 radical (unpaired) electrons. The van der Waals surface area contributed by atoms with Crippen molar-refractivity contribution >= 4 is 29.4 Å². The molecular weight excluding hydrogens is 312 g/mol. The Balaban J connectivity index is 2.48. The first-order chi connectivity index (χ1) is 10.4. The van der Waals surface area contributed by atoms with Crippen molar-refractivity contribution < 1.29 is 24.7 Å². The van der Waals surface area contributed by atoms with Crippen molar-refractivity contribution in [2.24, 2.45) is 0 Å². The lowest BCUT2D eigenvalue weighted by Gasteiger charge is -2.06. The Morgan fingerprint density at radius 1 is 1.14 bits per heavy atom. The number of pyridine rings is 1. The molecule has 2 rings (SSSR count). The van der Waals surface area contributed by atoms with Crippen LogP contribution in [0.3, 0.4) is 0 Å². The standard InChI is InChI=1S/C13H8N2O6S/c16-12(17)7-1-2-10(9(5-7)15(20)21)22-11-6-14-4-3-8(11)13(18)19/h1-6H,(H,16,17)(H,18,19). The minimum absolute atomic E-state index is 0.0448. The molecule has 9 heteroatoms. The highest BCUT2D eigenvalue weighted by atomic mass is 32.2. The minimum Gasteiger partial charge on any atom is -0.478 e. The summed E-state index contributed by atoms with van der Waals surface area (Å²) in [6, 6.07) is 4.70. The second kappa shape index (κ2) is 6.22. The van der Waals surface area contributed by atoms with Crippen LogP contribution in [0, 0.1) is 10.1 Å². The van der Waals surface area contributed by atoms with Gasteiger partial charge in [0.25, 0.3) is 5.69 Å². The Kier molecular flexibility index (Phi) is 4.37. The lowest BCUT2D eigenvalue weighted by molar-refractivity contribution is -0.387. The van der Waals surface area contributed by atoms with Crippen LogP contribution in [-0.4, -0.2) is 32.1 Å². The van der Waals surface area contributed by atoms with E-state index in [4.69, 9.17) is 10.2 Å². The second-order valence-corrected chi connectivity index (χ2v) is 5.11. The highest BCUT2D eigenvalue weighted by Gasteiger charge is 2.20. The van der Waals surface area contributed by atoms with Gasteiger partial charge in [0.2, 0.25) is 0 Å². The number of nitrogens with zero attached hydrogens (tertiary/aromatic N) is 2. The number of nitro benzene ring substituents is 1. The van der Waals surface area contributed by atoms with Gasteiger partial charge in [-0.25, -0.2) is 9.59 Å². The molecular formula is C13H8N2O6S. The Morgan fingerprint density at radius 2 is 1.86 bits per heavy atom. The van der Waals surface area contributed by atoms with Crippen LogP contribution in [0.15, 0.2) is 46.5 Å². The van der Waals surface area contributed by atoms with Crippen molar-refractivity contribution in [1.82, 2.24) is 4.98 Å². The normalized spacial score (nSPS) is 10.2. The van der Waals surface area contributed by atoms with Gasteiger partial charge in [-0.15, -0.1) is 0 Å². The van der Waals surface area contributed by atoms with E-state index in [9.17, 15) is 19.7 Å². The quantitative estimate of drug-likeness (QED) is 0.634. The molecule has 0 aliphatic heterocycles. The first kappa shape index (κ1) is 15.4. The summed E-state index contributed by atoms with van der Waals surface area (Å²) >= 11 is 0.840. The summed E-state index contributed by atoms with van der Waals surface area (Å²) in [5.41, 5.74) is -0.678. The van der Waals surface area contributed by atoms with Gasteiger partial charge in [0, 0.05) is 23.4 Å². The molecule has 22 heavy (non-hydrogen) atoms. The van der Waals surface area contributed by atoms with Gasteiger partial charge in [-0.2, -0.15) is 0 Å². The van der Waals surface area contributed by atoms with E-state index in [2.05, 4.69) is 4.98 Å². The number of hydrogen-bond donors (Lipinski definition) is 2. The van der Waals surface area contributed by atoms with Crippen molar-refractivity contribution in [3.63, 3.8) is 0 Å². The van der Waals surface area contributed by atoms with Gasteiger partial charge in [0.15, 0.2) is 0 Å². The van der Waals surface area contributed by atoms with Gasteiger partial charge in [-0.3, -0.25) is 15.1 Å². The van der Waals surface area contributed by atoms with Crippen LogP contribution in [-0.2, 0) is 0 Å². The average Bonchev–Trinajstić information content (AvgIpc) is 2.47. The molecule has 1 aromatic carbocycles. The summed E-state index contributed by atoms with van der Waals surface area (Å²) < 4.78 is 0. The van der Waals surface area contributed by atoms with E-state index in [1.54, 1.807) is 0 Å². The fourth-order valence-electron chi connectivity index (χ4n) is 1.64. The first-order valence-electron chi connectivity index (χ1n) is 5.77. The Labute approximate surface area is 127 Å². The number of benzene rings is 1. The summed E-state index contributed by atoms with van der Waals surface area (Å²) in [6.07, 6.45) is 2.58. The van der Waals surface area contributed by atoms with Gasteiger partial charge in [-0.1, -0.05) is 11.8 Å². The highest BCUT2D eigenvalue weighted by molar-refractivity contribution is 7.99. The lowest BCUT2D eigenvalue weighted by Crippen LogP contribution is -2.01. The summed E-state index contributed by atoms with van der Waals surface area (Å²) in [4.78, 5) is 36.5. The lowest BCUT2D eigenvalue weighted by atomic mass is 10.2. The third-order valence-corrected chi connectivity index (χ3v) is 3.75. The molecule has 0 saturated carbocycles. The smallest absolute Gasteiger partial charge is 0.336 e. The monoisotopic (exact) mass is 320 g/mol. The summed E-state index contributed by atoms with van der Waals surface area (Å²) in [7, 11) is 0. The molecule has 0 atom stereocenters. The molecule has 112 valence electrons. The topological polar surface area (TPSA) is 131 Å². The molecule has 2 N–H and O–H groups in total. The summed E-state index contributed by atoms with van der Waals surface area (Å²) in [6.45, 7) is 0. The molecule has 0 unspecified atom stereocenters. The number of rotatable bonds is 5. The van der Waals surface area contributed by atoms with E-state index < -0.39 is 22.5 Å². The third kappa shape index (κ3) is 3.20. The molecule has 0 bridgehead atoms. The first-order valence-corrected chi connectivity index (χ1v) is 6.58. The molecule has 0 saturated heterocycles. The largest absolute Gasteiger partial charge is 0.478 e. The third-order valence-electron chi connectivity index (χ3n) is 2.64. The maximum absolute atomic E-state index is 11.1. The summed E-state index contributed by atoms with van der Waals surface area (Å²) in [5, 5.41) is 29.0. The number of aromatic nitrogens is 1. The van der Waals surface area contributed by atoms with E-state index in [0.29, 0.717) is 0 Å². The molecule has 0 fully saturated rings. The van der Waals surface area contributed by atoms with Gasteiger partial charge in [0.05, 0.1) is 20.9 Å².